The third kappa shape index (κ3) is 4.72. The van der Waals surface area contributed by atoms with Crippen LogP contribution in [-0.2, 0) is 11.3 Å². The van der Waals surface area contributed by atoms with Crippen molar-refractivity contribution in [2.75, 3.05) is 22.9 Å². The van der Waals surface area contributed by atoms with Gasteiger partial charge in [0.15, 0.2) is 5.82 Å². The van der Waals surface area contributed by atoms with Gasteiger partial charge in [-0.3, -0.25) is 9.89 Å². The highest BCUT2D eigenvalue weighted by atomic mass is 19.1. The predicted octanol–water partition coefficient (Wildman–Crippen LogP) is 3.24. The summed E-state index contributed by atoms with van der Waals surface area (Å²) in [4.78, 5) is 23.9. The van der Waals surface area contributed by atoms with E-state index in [2.05, 4.69) is 37.3 Å². The second kappa shape index (κ2) is 9.21. The molecule has 35 heavy (non-hydrogen) atoms. The molecule has 2 atom stereocenters. The molecule has 1 saturated heterocycles. The van der Waals surface area contributed by atoms with Gasteiger partial charge in [0.05, 0.1) is 17.1 Å². The van der Waals surface area contributed by atoms with Crippen molar-refractivity contribution in [1.82, 2.24) is 25.5 Å². The van der Waals surface area contributed by atoms with Crippen LogP contribution in [-0.4, -0.2) is 38.7 Å². The standard InChI is InChI=1S/C25H27FN8O/c1-14-2-5-17(24(35)29-12-15-3-7-18(26)8-4-15)13-34(14)22-11-20(30-25(28)31-22)16-6-9-19-21(10-16)32-33-23(19)27/h3-4,6-11,14,17H,2,5,12-13H2,1H3,(H,29,35)(H3,27,32,33)(H2,28,30,31)/t14-,17+/m1/s1. The molecule has 1 amide bonds. The van der Waals surface area contributed by atoms with Crippen LogP contribution in [0.4, 0.5) is 22.0 Å². The molecule has 0 unspecified atom stereocenters. The van der Waals surface area contributed by atoms with Crippen LogP contribution in [0.3, 0.4) is 0 Å². The molecule has 1 fully saturated rings. The van der Waals surface area contributed by atoms with E-state index in [1.165, 1.54) is 12.1 Å². The average molecular weight is 475 g/mol. The summed E-state index contributed by atoms with van der Waals surface area (Å²) in [6.07, 6.45) is 1.62. The normalized spacial score (nSPS) is 18.1. The van der Waals surface area contributed by atoms with E-state index in [-0.39, 0.29) is 29.6 Å². The summed E-state index contributed by atoms with van der Waals surface area (Å²) >= 11 is 0. The number of benzene rings is 2. The monoisotopic (exact) mass is 474 g/mol. The number of aromatic amines is 1. The third-order valence-corrected chi connectivity index (χ3v) is 6.55. The molecule has 0 spiro atoms. The maximum absolute atomic E-state index is 13.1. The summed E-state index contributed by atoms with van der Waals surface area (Å²) in [6, 6.07) is 14.0. The summed E-state index contributed by atoms with van der Waals surface area (Å²) in [5.41, 5.74) is 15.2. The van der Waals surface area contributed by atoms with Crippen molar-refractivity contribution in [2.45, 2.75) is 32.4 Å². The Kier molecular flexibility index (Phi) is 5.94. The van der Waals surface area contributed by atoms with Gasteiger partial charge in [0, 0.05) is 36.1 Å². The lowest BCUT2D eigenvalue weighted by Gasteiger charge is -2.38. The molecule has 3 heterocycles. The van der Waals surface area contributed by atoms with Crippen molar-refractivity contribution < 1.29 is 9.18 Å². The molecule has 0 saturated carbocycles. The molecule has 10 heteroatoms. The molecule has 6 N–H and O–H groups in total. The number of fused-ring (bicyclic) bond motifs is 1. The van der Waals surface area contributed by atoms with E-state index >= 15 is 0 Å². The lowest BCUT2D eigenvalue weighted by molar-refractivity contribution is -0.125. The van der Waals surface area contributed by atoms with Gasteiger partial charge in [-0.15, -0.1) is 0 Å². The van der Waals surface area contributed by atoms with E-state index < -0.39 is 0 Å². The minimum atomic E-state index is -0.297. The first-order chi connectivity index (χ1) is 16.9. The van der Waals surface area contributed by atoms with Crippen LogP contribution >= 0.6 is 0 Å². The van der Waals surface area contributed by atoms with Crippen LogP contribution in [0.15, 0.2) is 48.5 Å². The maximum Gasteiger partial charge on any atom is 0.225 e. The first-order valence-electron chi connectivity index (χ1n) is 11.5. The molecule has 4 aromatic rings. The van der Waals surface area contributed by atoms with Crippen LogP contribution in [0.2, 0.25) is 0 Å². The highest BCUT2D eigenvalue weighted by Gasteiger charge is 2.31. The molecule has 2 aromatic heterocycles. The number of carbonyl (C=O) groups is 1. The number of nitrogens with zero attached hydrogens (tertiary/aromatic N) is 4. The van der Waals surface area contributed by atoms with Crippen LogP contribution in [0.1, 0.15) is 25.3 Å². The minimum Gasteiger partial charge on any atom is -0.382 e. The fourth-order valence-electron chi connectivity index (χ4n) is 4.52. The number of H-pyrrole nitrogens is 1. The number of amides is 1. The summed E-state index contributed by atoms with van der Waals surface area (Å²) in [5, 5.41) is 10.8. The highest BCUT2D eigenvalue weighted by Crippen LogP contribution is 2.31. The Labute approximate surface area is 201 Å². The smallest absolute Gasteiger partial charge is 0.225 e. The van der Waals surface area contributed by atoms with Crippen molar-refractivity contribution in [3.63, 3.8) is 0 Å². The van der Waals surface area contributed by atoms with Gasteiger partial charge in [-0.05, 0) is 49.6 Å². The van der Waals surface area contributed by atoms with Gasteiger partial charge in [-0.2, -0.15) is 10.1 Å². The zero-order valence-corrected chi connectivity index (χ0v) is 19.3. The molecular formula is C25H27FN8O. The third-order valence-electron chi connectivity index (χ3n) is 6.55. The Hall–Kier alpha value is -4.21. The highest BCUT2D eigenvalue weighted by molar-refractivity contribution is 5.91. The Morgan fingerprint density at radius 2 is 1.94 bits per heavy atom. The van der Waals surface area contributed by atoms with Crippen LogP contribution < -0.4 is 21.7 Å². The van der Waals surface area contributed by atoms with Crippen LogP contribution in [0.25, 0.3) is 22.2 Å². The number of anilines is 3. The lowest BCUT2D eigenvalue weighted by Crippen LogP contribution is -2.47. The SMILES string of the molecule is C[C@@H]1CC[C@H](C(=O)NCc2ccc(F)cc2)CN1c1cc(-c2ccc3c(N)n[nH]c3c2)nc(N)n1. The van der Waals surface area contributed by atoms with Gasteiger partial charge in [0.2, 0.25) is 11.9 Å². The van der Waals surface area contributed by atoms with E-state index in [0.29, 0.717) is 30.4 Å². The number of nitrogens with one attached hydrogen (secondary N) is 2. The lowest BCUT2D eigenvalue weighted by atomic mass is 9.92. The van der Waals surface area contributed by atoms with E-state index in [1.54, 1.807) is 12.1 Å². The van der Waals surface area contributed by atoms with Gasteiger partial charge in [-0.1, -0.05) is 18.2 Å². The van der Waals surface area contributed by atoms with Gasteiger partial charge in [0.1, 0.15) is 11.6 Å². The molecule has 1 aliphatic heterocycles. The van der Waals surface area contributed by atoms with Crippen molar-refractivity contribution in [1.29, 1.82) is 0 Å². The molecule has 180 valence electrons. The molecule has 0 bridgehead atoms. The molecule has 0 aliphatic carbocycles. The van der Waals surface area contributed by atoms with E-state index in [4.69, 9.17) is 11.5 Å². The Bertz CT molecular complexity index is 1370. The Morgan fingerprint density at radius 1 is 1.14 bits per heavy atom. The number of nitrogens with two attached hydrogens (primary N) is 2. The number of piperidine rings is 1. The van der Waals surface area contributed by atoms with Crippen LogP contribution in [0.5, 0.6) is 0 Å². The second-order valence-electron chi connectivity index (χ2n) is 8.96. The van der Waals surface area contributed by atoms with Gasteiger partial charge in [0.25, 0.3) is 0 Å². The molecular weight excluding hydrogens is 447 g/mol. The average Bonchev–Trinajstić information content (AvgIpc) is 3.23. The van der Waals surface area contributed by atoms with Crippen molar-refractivity contribution >= 4 is 34.4 Å². The number of rotatable bonds is 5. The first kappa shape index (κ1) is 22.6. The van der Waals surface area contributed by atoms with Gasteiger partial charge in [-0.25, -0.2) is 9.37 Å². The van der Waals surface area contributed by atoms with Crippen molar-refractivity contribution in [2.24, 2.45) is 5.92 Å². The first-order valence-corrected chi connectivity index (χ1v) is 11.5. The van der Waals surface area contributed by atoms with Crippen molar-refractivity contribution in [3.8, 4) is 11.3 Å². The molecule has 5 rings (SSSR count). The molecule has 1 aliphatic rings. The topological polar surface area (TPSA) is 139 Å². The Balaban J connectivity index is 1.34. The summed E-state index contributed by atoms with van der Waals surface area (Å²) in [6.45, 7) is 2.99. The second-order valence-corrected chi connectivity index (χ2v) is 8.96. The van der Waals surface area contributed by atoms with Gasteiger partial charge < -0.3 is 21.7 Å². The number of halogens is 1. The van der Waals surface area contributed by atoms with Crippen LogP contribution in [0, 0.1) is 11.7 Å². The molecule has 9 nitrogen and oxygen atoms in total. The number of nitrogen functional groups attached to an aromatic ring is 2. The molecule has 2 aromatic carbocycles. The summed E-state index contributed by atoms with van der Waals surface area (Å²) < 4.78 is 13.1. The minimum absolute atomic E-state index is 0.0317. The fourth-order valence-corrected chi connectivity index (χ4v) is 4.52. The van der Waals surface area contributed by atoms with E-state index in [1.807, 2.05) is 24.3 Å². The van der Waals surface area contributed by atoms with Gasteiger partial charge >= 0.3 is 0 Å². The molecule has 0 radical (unpaired) electrons. The fraction of sp³-hybridized carbons (Fsp3) is 0.280. The van der Waals surface area contributed by atoms with Crippen molar-refractivity contribution in [3.05, 3.63) is 59.9 Å². The number of hydrogen-bond donors (Lipinski definition) is 4. The number of carbonyl (C=O) groups excluding carboxylic acids is 1. The maximum atomic E-state index is 13.1. The van der Waals surface area contributed by atoms with E-state index in [0.717, 1.165) is 34.9 Å². The predicted molar refractivity (Wildman–Crippen MR) is 134 cm³/mol. The number of hydrogen-bond acceptors (Lipinski definition) is 7. The van der Waals surface area contributed by atoms with E-state index in [9.17, 15) is 9.18 Å². The quantitative estimate of drug-likeness (QED) is 0.348. The number of aromatic nitrogens is 4. The largest absolute Gasteiger partial charge is 0.382 e. The summed E-state index contributed by atoms with van der Waals surface area (Å²) in [5.74, 6) is 0.762. The summed E-state index contributed by atoms with van der Waals surface area (Å²) in [7, 11) is 0. The zero-order chi connectivity index (χ0) is 24.5. The zero-order valence-electron chi connectivity index (χ0n) is 19.3. The Morgan fingerprint density at radius 3 is 2.74 bits per heavy atom.